The summed E-state index contributed by atoms with van der Waals surface area (Å²) in [4.78, 5) is 36.0. The number of carbonyl (C=O) groups excluding carboxylic acids is 1. The molecule has 0 saturated heterocycles. The van der Waals surface area contributed by atoms with Crippen LogP contribution in [0.4, 0.5) is 17.3 Å². The zero-order chi connectivity index (χ0) is 31.5. The van der Waals surface area contributed by atoms with E-state index in [0.717, 1.165) is 67.1 Å². The summed E-state index contributed by atoms with van der Waals surface area (Å²) in [5.41, 5.74) is 7.68. The summed E-state index contributed by atoms with van der Waals surface area (Å²) >= 11 is 0. The molecule has 11 heteroatoms. The maximum Gasteiger partial charge on any atom is 0.276 e. The van der Waals surface area contributed by atoms with Crippen molar-refractivity contribution in [1.29, 1.82) is 5.26 Å². The molecule has 1 amide bonds. The average Bonchev–Trinajstić information content (AvgIpc) is 3.67. The number of hydrogen-bond acceptors (Lipinski definition) is 7. The Bertz CT molecular complexity index is 1920. The van der Waals surface area contributed by atoms with E-state index in [9.17, 15) is 9.59 Å². The molecule has 232 valence electrons. The molecule has 6 heterocycles. The third-order valence-corrected chi connectivity index (χ3v) is 9.44. The fraction of sp³-hybridized carbons (Fsp3) is 0.441. The van der Waals surface area contributed by atoms with Gasteiger partial charge in [-0.2, -0.15) is 10.4 Å². The first-order chi connectivity index (χ1) is 21.7. The second-order valence-corrected chi connectivity index (χ2v) is 13.3. The molecule has 0 fully saturated rings. The molecule has 3 aliphatic rings. The lowest BCUT2D eigenvalue weighted by Gasteiger charge is -2.31. The highest BCUT2D eigenvalue weighted by Crippen LogP contribution is 2.40. The van der Waals surface area contributed by atoms with Gasteiger partial charge in [0.2, 0.25) is 0 Å². The summed E-state index contributed by atoms with van der Waals surface area (Å²) in [6.07, 6.45) is 6.76. The maximum atomic E-state index is 13.9. The Morgan fingerprint density at radius 3 is 2.73 bits per heavy atom. The van der Waals surface area contributed by atoms with Crippen molar-refractivity contribution in [1.82, 2.24) is 28.8 Å². The summed E-state index contributed by atoms with van der Waals surface area (Å²) in [5.74, 6) is 1.29. The van der Waals surface area contributed by atoms with E-state index in [1.807, 2.05) is 34.0 Å². The molecule has 0 aromatic carbocycles. The van der Waals surface area contributed by atoms with Gasteiger partial charge in [-0.25, -0.2) is 4.98 Å². The molecule has 1 aliphatic carbocycles. The molecule has 45 heavy (non-hydrogen) atoms. The Morgan fingerprint density at radius 2 is 1.93 bits per heavy atom. The Labute approximate surface area is 262 Å². The molecule has 11 nitrogen and oxygen atoms in total. The molecule has 0 bridgehead atoms. The molecule has 0 unspecified atom stereocenters. The number of nitrogens with one attached hydrogen (secondary N) is 1. The highest BCUT2D eigenvalue weighted by atomic mass is 16.2. The molecule has 2 aliphatic heterocycles. The Morgan fingerprint density at radius 1 is 1.09 bits per heavy atom. The average molecular weight is 606 g/mol. The molecule has 4 aromatic heterocycles. The first-order valence-corrected chi connectivity index (χ1v) is 15.8. The zero-order valence-corrected chi connectivity index (χ0v) is 26.4. The molecule has 0 radical (unpaired) electrons. The number of nitrogens with zero attached hydrogens (tertiary/aromatic N) is 8. The highest BCUT2D eigenvalue weighted by molar-refractivity contribution is 6.06. The van der Waals surface area contributed by atoms with Crippen LogP contribution in [0.1, 0.15) is 60.2 Å². The minimum Gasteiger partial charge on any atom is -0.339 e. The van der Waals surface area contributed by atoms with Gasteiger partial charge in [-0.1, -0.05) is 20.8 Å². The monoisotopic (exact) mass is 605 g/mol. The van der Waals surface area contributed by atoms with Crippen molar-refractivity contribution in [2.24, 2.45) is 12.5 Å². The van der Waals surface area contributed by atoms with Crippen molar-refractivity contribution in [2.45, 2.75) is 66.1 Å². The minimum atomic E-state index is -0.157. The van der Waals surface area contributed by atoms with E-state index < -0.39 is 0 Å². The van der Waals surface area contributed by atoms with Crippen LogP contribution in [0, 0.1) is 16.7 Å². The van der Waals surface area contributed by atoms with Crippen LogP contribution in [-0.2, 0) is 45.9 Å². The van der Waals surface area contributed by atoms with Crippen LogP contribution in [0.15, 0.2) is 41.5 Å². The molecule has 4 aromatic rings. The van der Waals surface area contributed by atoms with Crippen LogP contribution in [-0.4, -0.2) is 54.3 Å². The largest absolute Gasteiger partial charge is 0.339 e. The van der Waals surface area contributed by atoms with Gasteiger partial charge in [-0.3, -0.25) is 24.1 Å². The van der Waals surface area contributed by atoms with Crippen LogP contribution in [0.2, 0.25) is 0 Å². The number of anilines is 3. The standard InChI is InChI=1S/C34H39N9O2/c1-5-25-26(7-9-36-31(25)42-13-12-41-28(33(42)45)16-22-18-34(2,3)19-29(22)41)23-15-27(32(44)39(4)20-23)37-30-17-24-21-40(10-6-8-35)11-14-43(24)38-30/h7,9,15-17,20H,5-6,10-14,18-19,21H2,1-4H3,(H,37,38). The van der Waals surface area contributed by atoms with Gasteiger partial charge in [-0.15, -0.1) is 0 Å². The third-order valence-electron chi connectivity index (χ3n) is 9.44. The van der Waals surface area contributed by atoms with Crippen molar-refractivity contribution in [3.05, 3.63) is 75.2 Å². The SMILES string of the molecule is CCc1c(-c2cc(Nc3cc4n(n3)CCN(CCC#N)C4)c(=O)n(C)c2)ccnc1N1CCn2c(cc3c2CC(C)(C)C3)C1=O. The number of carbonyl (C=O) groups is 1. The van der Waals surface area contributed by atoms with Crippen LogP contribution in [0.5, 0.6) is 0 Å². The highest BCUT2D eigenvalue weighted by Gasteiger charge is 2.37. The fourth-order valence-corrected chi connectivity index (χ4v) is 7.31. The smallest absolute Gasteiger partial charge is 0.276 e. The lowest BCUT2D eigenvalue weighted by Crippen LogP contribution is -2.41. The van der Waals surface area contributed by atoms with Crippen molar-refractivity contribution in [3.63, 3.8) is 0 Å². The van der Waals surface area contributed by atoms with Crippen molar-refractivity contribution >= 4 is 23.2 Å². The van der Waals surface area contributed by atoms with E-state index in [1.54, 1.807) is 17.8 Å². The summed E-state index contributed by atoms with van der Waals surface area (Å²) in [7, 11) is 1.75. The van der Waals surface area contributed by atoms with Crippen LogP contribution < -0.4 is 15.8 Å². The van der Waals surface area contributed by atoms with Crippen molar-refractivity contribution in [3.8, 4) is 17.2 Å². The molecule has 0 atom stereocenters. The quantitative estimate of drug-likeness (QED) is 0.335. The Balaban J connectivity index is 1.18. The second kappa shape index (κ2) is 11.0. The topological polar surface area (TPSA) is 117 Å². The van der Waals surface area contributed by atoms with Crippen molar-refractivity contribution < 1.29 is 4.79 Å². The normalized spacial score (nSPS) is 17.1. The molecule has 0 saturated carbocycles. The molecule has 7 rings (SSSR count). The number of fused-ring (bicyclic) bond motifs is 4. The van der Waals surface area contributed by atoms with Crippen molar-refractivity contribution in [2.75, 3.05) is 29.9 Å². The lowest BCUT2D eigenvalue weighted by atomic mass is 9.90. The minimum absolute atomic E-state index is 0.00874. The van der Waals surface area contributed by atoms with Crippen LogP contribution in [0.25, 0.3) is 11.1 Å². The van der Waals surface area contributed by atoms with Gasteiger partial charge in [0.15, 0.2) is 5.82 Å². The van der Waals surface area contributed by atoms with Gasteiger partial charge in [-0.05, 0) is 54.0 Å². The summed E-state index contributed by atoms with van der Waals surface area (Å²) < 4.78 is 5.77. The van der Waals surface area contributed by atoms with Gasteiger partial charge in [0, 0.05) is 81.5 Å². The molecular weight excluding hydrogens is 566 g/mol. The summed E-state index contributed by atoms with van der Waals surface area (Å²) in [5, 5.41) is 16.9. The van der Waals surface area contributed by atoms with Gasteiger partial charge in [0.1, 0.15) is 17.2 Å². The molecule has 1 N–H and O–H groups in total. The number of nitriles is 1. The van der Waals surface area contributed by atoms with Crippen LogP contribution >= 0.6 is 0 Å². The van der Waals surface area contributed by atoms with E-state index >= 15 is 0 Å². The van der Waals surface area contributed by atoms with Gasteiger partial charge in [0.25, 0.3) is 11.5 Å². The predicted octanol–water partition coefficient (Wildman–Crippen LogP) is 4.27. The van der Waals surface area contributed by atoms with E-state index in [1.165, 1.54) is 11.3 Å². The number of amides is 1. The number of pyridine rings is 2. The first-order valence-electron chi connectivity index (χ1n) is 15.8. The third kappa shape index (κ3) is 5.13. The Hall–Kier alpha value is -4.69. The molecular formula is C34H39N9O2. The lowest BCUT2D eigenvalue weighted by molar-refractivity contribution is 0.0963. The van der Waals surface area contributed by atoms with Crippen LogP contribution in [0.3, 0.4) is 0 Å². The van der Waals surface area contributed by atoms with Gasteiger partial charge < -0.3 is 14.5 Å². The first kappa shape index (κ1) is 29.0. The zero-order valence-electron chi connectivity index (χ0n) is 26.4. The van der Waals surface area contributed by atoms with Gasteiger partial charge in [0.05, 0.1) is 18.3 Å². The fourth-order valence-electron chi connectivity index (χ4n) is 7.31. The molecule has 0 spiro atoms. The number of aryl methyl sites for hydroxylation is 1. The van der Waals surface area contributed by atoms with E-state index in [4.69, 9.17) is 15.3 Å². The van der Waals surface area contributed by atoms with E-state index in [0.29, 0.717) is 43.3 Å². The van der Waals surface area contributed by atoms with E-state index in [2.05, 4.69) is 47.7 Å². The second-order valence-electron chi connectivity index (χ2n) is 13.3. The predicted molar refractivity (Wildman–Crippen MR) is 173 cm³/mol. The number of aromatic nitrogens is 5. The maximum absolute atomic E-state index is 13.9. The summed E-state index contributed by atoms with van der Waals surface area (Å²) in [6.45, 7) is 11.0. The number of rotatable bonds is 7. The van der Waals surface area contributed by atoms with E-state index in [-0.39, 0.29) is 16.9 Å². The Kier molecular flexibility index (Phi) is 7.12. The summed E-state index contributed by atoms with van der Waals surface area (Å²) in [6, 6.07) is 10.1. The number of hydrogen-bond donors (Lipinski definition) is 1. The van der Waals surface area contributed by atoms with Gasteiger partial charge >= 0.3 is 0 Å².